The average Bonchev–Trinajstić information content (AvgIpc) is 3.84. The molecule has 12 heteroatoms. The maximum absolute atomic E-state index is 15.7. The van der Waals surface area contributed by atoms with Crippen LogP contribution >= 0.6 is 11.6 Å². The minimum atomic E-state index is -4.99. The number of alkyl halides is 8. The lowest BCUT2D eigenvalue weighted by molar-refractivity contribution is -0.162. The number of aromatic amines is 2. The van der Waals surface area contributed by atoms with Crippen molar-refractivity contribution in [1.82, 2.24) is 19.9 Å². The molecule has 2 aliphatic rings. The summed E-state index contributed by atoms with van der Waals surface area (Å²) in [6.45, 7) is 0. The van der Waals surface area contributed by atoms with Crippen LogP contribution in [0.3, 0.4) is 0 Å². The van der Waals surface area contributed by atoms with E-state index >= 15 is 8.78 Å². The highest BCUT2D eigenvalue weighted by molar-refractivity contribution is 6.22. The second-order valence-corrected chi connectivity index (χ2v) is 11.3. The molecule has 0 aliphatic carbocycles. The van der Waals surface area contributed by atoms with Crippen LogP contribution in [0.25, 0.3) is 68.6 Å². The van der Waals surface area contributed by atoms with Gasteiger partial charge in [0.2, 0.25) is 0 Å². The highest BCUT2D eigenvalue weighted by Crippen LogP contribution is 2.48. The van der Waals surface area contributed by atoms with Crippen molar-refractivity contribution in [2.24, 2.45) is 0 Å². The highest BCUT2D eigenvalue weighted by Gasteiger charge is 2.58. The molecule has 47 heavy (non-hydrogen) atoms. The third-order valence-corrected chi connectivity index (χ3v) is 8.07. The van der Waals surface area contributed by atoms with Crippen molar-refractivity contribution in [3.63, 3.8) is 0 Å². The zero-order valence-corrected chi connectivity index (χ0v) is 24.6. The number of hydrogen-bond acceptors (Lipinski definition) is 2. The third kappa shape index (κ3) is 5.30. The molecule has 0 saturated heterocycles. The first-order chi connectivity index (χ1) is 22.3. The molecular formula is C35H20ClF7N4. The summed E-state index contributed by atoms with van der Waals surface area (Å²) in [5.41, 5.74) is -1.91. The predicted molar refractivity (Wildman–Crippen MR) is 169 cm³/mol. The Balaban J connectivity index is 1.73. The summed E-state index contributed by atoms with van der Waals surface area (Å²) in [6, 6.07) is 21.9. The smallest absolute Gasteiger partial charge is 0.354 e. The first-order valence-corrected chi connectivity index (χ1v) is 14.5. The Kier molecular flexibility index (Phi) is 7.12. The van der Waals surface area contributed by atoms with Crippen LogP contribution in [0.4, 0.5) is 30.7 Å². The van der Waals surface area contributed by atoms with E-state index < -0.39 is 51.0 Å². The van der Waals surface area contributed by atoms with E-state index in [1.165, 1.54) is 48.6 Å². The molecule has 0 saturated carbocycles. The summed E-state index contributed by atoms with van der Waals surface area (Å²) in [5, 5.41) is -4.99. The zero-order valence-electron chi connectivity index (χ0n) is 23.8. The molecule has 2 aromatic carbocycles. The van der Waals surface area contributed by atoms with Gasteiger partial charge in [-0.2, -0.15) is 30.7 Å². The lowest BCUT2D eigenvalue weighted by atomic mass is 10.0. The van der Waals surface area contributed by atoms with Crippen molar-refractivity contribution < 1.29 is 30.7 Å². The Bertz CT molecular complexity index is 2110. The monoisotopic (exact) mass is 664 g/mol. The molecule has 0 atom stereocenters. The first-order valence-electron chi connectivity index (χ1n) is 14.1. The molecular weight excluding hydrogens is 645 g/mol. The Morgan fingerprint density at radius 2 is 0.851 bits per heavy atom. The van der Waals surface area contributed by atoms with Crippen LogP contribution in [0, 0.1) is 0 Å². The summed E-state index contributed by atoms with van der Waals surface area (Å²) < 4.78 is 104. The summed E-state index contributed by atoms with van der Waals surface area (Å²) in [5.74, 6) is -4.89. The van der Waals surface area contributed by atoms with Crippen LogP contribution in [-0.2, 0) is 12.1 Å². The van der Waals surface area contributed by atoms with E-state index in [-0.39, 0.29) is 33.5 Å². The highest BCUT2D eigenvalue weighted by atomic mass is 35.5. The van der Waals surface area contributed by atoms with E-state index in [0.717, 1.165) is 0 Å². The normalized spacial score (nSPS) is 13.4. The molecule has 3 aromatic heterocycles. The van der Waals surface area contributed by atoms with E-state index in [1.807, 2.05) is 0 Å². The summed E-state index contributed by atoms with van der Waals surface area (Å²) in [7, 11) is 0. The van der Waals surface area contributed by atoms with Crippen LogP contribution in [0.2, 0.25) is 0 Å². The minimum Gasteiger partial charge on any atom is -0.354 e. The summed E-state index contributed by atoms with van der Waals surface area (Å²) >= 11 is 5.03. The molecule has 2 N–H and O–H groups in total. The number of rotatable bonds is 4. The lowest BCUT2D eigenvalue weighted by Gasteiger charge is -2.21. The quantitative estimate of drug-likeness (QED) is 0.145. The fourth-order valence-electron chi connectivity index (χ4n) is 5.79. The zero-order chi connectivity index (χ0) is 33.1. The van der Waals surface area contributed by atoms with Gasteiger partial charge in [-0.05, 0) is 71.3 Å². The van der Waals surface area contributed by atoms with Gasteiger partial charge in [-0.25, -0.2) is 9.97 Å². The standard InChI is InChI=1S/C35H20ClF7N4/c36-35(42,43)33(37,38)31-25-15-11-21(44-25)29(19-7-3-1-4-8-19)23-13-17-27(46-23)32(34(39,40)41)28-18-14-24(47-28)30(20-9-5-2-6-10-20)22-12-16-26(31)45-22/h1-18,44-45H. The van der Waals surface area contributed by atoms with Gasteiger partial charge in [0, 0.05) is 22.2 Å². The molecule has 0 fully saturated rings. The number of hydrogen-bond donors (Lipinski definition) is 2. The maximum Gasteiger partial charge on any atom is 0.420 e. The second kappa shape index (κ2) is 11.0. The number of halogens is 8. The van der Waals surface area contributed by atoms with E-state index in [9.17, 15) is 22.0 Å². The van der Waals surface area contributed by atoms with Crippen molar-refractivity contribution in [2.45, 2.75) is 17.5 Å². The predicted octanol–water partition coefficient (Wildman–Crippen LogP) is 10.9. The van der Waals surface area contributed by atoms with Crippen molar-refractivity contribution >= 4 is 58.0 Å². The van der Waals surface area contributed by atoms with Gasteiger partial charge in [0.05, 0.1) is 39.4 Å². The Hall–Kier alpha value is -5.16. The minimum absolute atomic E-state index is 0.0786. The number of nitrogens with one attached hydrogen (secondary N) is 2. The number of fused-ring (bicyclic) bond motifs is 8. The van der Waals surface area contributed by atoms with E-state index in [1.54, 1.807) is 60.7 Å². The molecule has 236 valence electrons. The Labute approximate surface area is 266 Å². The fourth-order valence-corrected chi connectivity index (χ4v) is 5.89. The van der Waals surface area contributed by atoms with Crippen molar-refractivity contribution in [3.05, 3.63) is 119 Å². The van der Waals surface area contributed by atoms with Crippen LogP contribution < -0.4 is 0 Å². The molecule has 4 nitrogen and oxygen atoms in total. The molecule has 8 bridgehead atoms. The first kappa shape index (κ1) is 30.5. The number of H-pyrrole nitrogens is 2. The van der Waals surface area contributed by atoms with Gasteiger partial charge >= 0.3 is 17.5 Å². The van der Waals surface area contributed by atoms with Crippen molar-refractivity contribution in [3.8, 4) is 22.3 Å². The fraction of sp³-hybridized carbons (Fsp3) is 0.0857. The summed E-state index contributed by atoms with van der Waals surface area (Å²) in [4.78, 5) is 14.3. The van der Waals surface area contributed by atoms with Gasteiger partial charge in [-0.15, -0.1) is 0 Å². The van der Waals surface area contributed by atoms with E-state index in [0.29, 0.717) is 11.1 Å². The third-order valence-electron chi connectivity index (χ3n) is 7.83. The van der Waals surface area contributed by atoms with Crippen LogP contribution in [0.15, 0.2) is 84.9 Å². The van der Waals surface area contributed by atoms with Crippen molar-refractivity contribution in [2.75, 3.05) is 0 Å². The molecule has 5 aromatic rings. The van der Waals surface area contributed by atoms with Gasteiger partial charge < -0.3 is 9.97 Å². The molecule has 0 amide bonds. The molecule has 0 unspecified atom stereocenters. The molecule has 5 heterocycles. The molecule has 0 radical (unpaired) electrons. The van der Waals surface area contributed by atoms with Gasteiger partial charge in [0.15, 0.2) is 0 Å². The van der Waals surface area contributed by atoms with Gasteiger partial charge in [-0.1, -0.05) is 60.7 Å². The lowest BCUT2D eigenvalue weighted by Crippen LogP contribution is -2.33. The Morgan fingerprint density at radius 1 is 0.468 bits per heavy atom. The molecule has 2 aliphatic heterocycles. The van der Waals surface area contributed by atoms with Crippen molar-refractivity contribution in [1.29, 1.82) is 0 Å². The number of benzene rings is 2. The van der Waals surface area contributed by atoms with Gasteiger partial charge in [0.1, 0.15) is 5.56 Å². The largest absolute Gasteiger partial charge is 0.420 e. The topological polar surface area (TPSA) is 57.4 Å². The molecule has 0 spiro atoms. The van der Waals surface area contributed by atoms with Crippen LogP contribution in [0.5, 0.6) is 0 Å². The van der Waals surface area contributed by atoms with Crippen LogP contribution in [-0.4, -0.2) is 25.3 Å². The average molecular weight is 665 g/mol. The number of nitrogens with zero attached hydrogens (tertiary/aromatic N) is 2. The van der Waals surface area contributed by atoms with Crippen LogP contribution in [0.1, 0.15) is 33.9 Å². The second-order valence-electron chi connectivity index (χ2n) is 10.8. The number of aromatic nitrogens is 4. The van der Waals surface area contributed by atoms with Gasteiger partial charge in [-0.3, -0.25) is 0 Å². The molecule has 7 rings (SSSR count). The van der Waals surface area contributed by atoms with E-state index in [4.69, 9.17) is 11.6 Å². The Morgan fingerprint density at radius 3 is 1.23 bits per heavy atom. The van der Waals surface area contributed by atoms with Gasteiger partial charge in [0.25, 0.3) is 0 Å². The summed E-state index contributed by atoms with van der Waals surface area (Å²) in [6.07, 6.45) is 0.294. The van der Waals surface area contributed by atoms with E-state index in [2.05, 4.69) is 19.9 Å². The SMILES string of the molecule is FC(F)(F)c1c2nc(c(-c3ccccc3)c3ccc([nH]3)c(C(F)(F)C(F)(F)Cl)c3ccc([nH]3)c(-c3ccccc3)c3nc1C=C3)C=C2. The maximum atomic E-state index is 15.7.